The second kappa shape index (κ2) is 8.94. The molecule has 0 aliphatic rings. The van der Waals surface area contributed by atoms with Crippen LogP contribution in [0.1, 0.15) is 25.8 Å². The van der Waals surface area contributed by atoms with Crippen LogP contribution in [0.3, 0.4) is 0 Å². The van der Waals surface area contributed by atoms with Crippen LogP contribution in [-0.2, 0) is 6.42 Å². The van der Waals surface area contributed by atoms with Crippen LogP contribution in [0, 0.1) is 5.92 Å². The van der Waals surface area contributed by atoms with E-state index in [1.807, 2.05) is 19.1 Å². The van der Waals surface area contributed by atoms with Crippen LogP contribution in [0.25, 0.3) is 0 Å². The van der Waals surface area contributed by atoms with E-state index in [1.165, 1.54) is 5.56 Å². The van der Waals surface area contributed by atoms with Gasteiger partial charge < -0.3 is 15.4 Å². The van der Waals surface area contributed by atoms with Gasteiger partial charge >= 0.3 is 0 Å². The summed E-state index contributed by atoms with van der Waals surface area (Å²) in [5, 5.41) is 0. The van der Waals surface area contributed by atoms with Gasteiger partial charge in [-0.3, -0.25) is 0 Å². The van der Waals surface area contributed by atoms with Gasteiger partial charge in [0.2, 0.25) is 0 Å². The molecule has 0 radical (unpaired) electrons. The molecule has 0 aliphatic heterocycles. The molecule has 108 valence electrons. The first-order valence-electron chi connectivity index (χ1n) is 7.29. The maximum atomic E-state index is 5.74. The monoisotopic (exact) mass is 264 g/mol. The molecule has 1 aromatic carbocycles. The summed E-state index contributed by atoms with van der Waals surface area (Å²) < 4.78 is 5.44. The molecule has 0 aromatic heterocycles. The van der Waals surface area contributed by atoms with Crippen molar-refractivity contribution in [2.45, 2.75) is 26.7 Å². The molecule has 1 aromatic rings. The second-order valence-electron chi connectivity index (χ2n) is 5.10. The molecular formula is C16H28N2O. The maximum absolute atomic E-state index is 5.74. The molecule has 3 heteroatoms. The van der Waals surface area contributed by atoms with Crippen molar-refractivity contribution in [3.63, 3.8) is 0 Å². The SMILES string of the molecule is CCOc1ccc(CCN(C)CC(CC)CN)cc1. The number of hydrogen-bond donors (Lipinski definition) is 1. The Morgan fingerprint density at radius 1 is 1.21 bits per heavy atom. The summed E-state index contributed by atoms with van der Waals surface area (Å²) >= 11 is 0. The lowest BCUT2D eigenvalue weighted by atomic mass is 10.1. The number of benzene rings is 1. The molecule has 0 saturated heterocycles. The molecule has 0 amide bonds. The topological polar surface area (TPSA) is 38.5 Å². The molecule has 19 heavy (non-hydrogen) atoms. The Kier molecular flexibility index (Phi) is 7.53. The van der Waals surface area contributed by atoms with Gasteiger partial charge in [0.05, 0.1) is 6.61 Å². The number of nitrogens with two attached hydrogens (primary N) is 1. The van der Waals surface area contributed by atoms with E-state index in [9.17, 15) is 0 Å². The predicted molar refractivity (Wildman–Crippen MR) is 81.6 cm³/mol. The van der Waals surface area contributed by atoms with E-state index in [1.54, 1.807) is 0 Å². The van der Waals surface area contributed by atoms with Crippen LogP contribution in [0.4, 0.5) is 0 Å². The molecule has 0 spiro atoms. The standard InChI is InChI=1S/C16H28N2O/c1-4-14(12-17)13-18(3)11-10-15-6-8-16(9-7-15)19-5-2/h6-9,14H,4-5,10-13,17H2,1-3H3. The van der Waals surface area contributed by atoms with Crippen molar-refractivity contribution in [1.82, 2.24) is 4.90 Å². The van der Waals surface area contributed by atoms with Gasteiger partial charge in [-0.2, -0.15) is 0 Å². The zero-order valence-corrected chi connectivity index (χ0v) is 12.6. The van der Waals surface area contributed by atoms with Crippen molar-refractivity contribution < 1.29 is 4.74 Å². The van der Waals surface area contributed by atoms with Gasteiger partial charge in [0.1, 0.15) is 5.75 Å². The van der Waals surface area contributed by atoms with Crippen LogP contribution in [0.15, 0.2) is 24.3 Å². The molecule has 0 heterocycles. The van der Waals surface area contributed by atoms with Crippen molar-refractivity contribution in [3.05, 3.63) is 29.8 Å². The molecule has 2 N–H and O–H groups in total. The zero-order valence-electron chi connectivity index (χ0n) is 12.6. The van der Waals surface area contributed by atoms with E-state index in [0.29, 0.717) is 5.92 Å². The number of hydrogen-bond acceptors (Lipinski definition) is 3. The Bertz CT molecular complexity index is 333. The van der Waals surface area contributed by atoms with Crippen LogP contribution < -0.4 is 10.5 Å². The fraction of sp³-hybridized carbons (Fsp3) is 0.625. The lowest BCUT2D eigenvalue weighted by Gasteiger charge is -2.22. The van der Waals surface area contributed by atoms with E-state index >= 15 is 0 Å². The van der Waals surface area contributed by atoms with Gasteiger partial charge in [-0.15, -0.1) is 0 Å². The first kappa shape index (κ1) is 16.0. The Labute approximate surface area is 117 Å². The Balaban J connectivity index is 2.35. The molecule has 0 fully saturated rings. The van der Waals surface area contributed by atoms with Crippen molar-refractivity contribution >= 4 is 0 Å². The van der Waals surface area contributed by atoms with Gasteiger partial charge in [0, 0.05) is 13.1 Å². The minimum absolute atomic E-state index is 0.616. The minimum Gasteiger partial charge on any atom is -0.494 e. The summed E-state index contributed by atoms with van der Waals surface area (Å²) in [5.74, 6) is 1.57. The lowest BCUT2D eigenvalue weighted by molar-refractivity contribution is 0.277. The molecule has 1 rings (SSSR count). The molecule has 1 atom stereocenters. The van der Waals surface area contributed by atoms with Gasteiger partial charge in [-0.05, 0) is 50.6 Å². The third-order valence-electron chi connectivity index (χ3n) is 3.50. The highest BCUT2D eigenvalue weighted by molar-refractivity contribution is 5.27. The Hall–Kier alpha value is -1.06. The number of rotatable bonds is 9. The molecule has 0 bridgehead atoms. The molecule has 3 nitrogen and oxygen atoms in total. The van der Waals surface area contributed by atoms with Crippen LogP contribution in [-0.4, -0.2) is 38.2 Å². The van der Waals surface area contributed by atoms with E-state index in [-0.39, 0.29) is 0 Å². The van der Waals surface area contributed by atoms with Crippen molar-refractivity contribution in [2.75, 3.05) is 33.3 Å². The highest BCUT2D eigenvalue weighted by Gasteiger charge is 2.07. The van der Waals surface area contributed by atoms with Gasteiger partial charge in [-0.25, -0.2) is 0 Å². The fourth-order valence-corrected chi connectivity index (χ4v) is 2.14. The van der Waals surface area contributed by atoms with Crippen molar-refractivity contribution in [1.29, 1.82) is 0 Å². The smallest absolute Gasteiger partial charge is 0.119 e. The number of ether oxygens (including phenoxy) is 1. The highest BCUT2D eigenvalue weighted by Crippen LogP contribution is 2.13. The summed E-state index contributed by atoms with van der Waals surface area (Å²) in [7, 11) is 2.17. The van der Waals surface area contributed by atoms with E-state index in [2.05, 4.69) is 31.0 Å². The third kappa shape index (κ3) is 6.08. The summed E-state index contributed by atoms with van der Waals surface area (Å²) in [4.78, 5) is 2.37. The van der Waals surface area contributed by atoms with Crippen LogP contribution in [0.2, 0.25) is 0 Å². The molecule has 0 aliphatic carbocycles. The third-order valence-corrected chi connectivity index (χ3v) is 3.50. The zero-order chi connectivity index (χ0) is 14.1. The minimum atomic E-state index is 0.616. The Morgan fingerprint density at radius 3 is 2.42 bits per heavy atom. The fourth-order valence-electron chi connectivity index (χ4n) is 2.14. The lowest BCUT2D eigenvalue weighted by Crippen LogP contribution is -2.31. The summed E-state index contributed by atoms with van der Waals surface area (Å²) in [5.41, 5.74) is 7.10. The maximum Gasteiger partial charge on any atom is 0.119 e. The summed E-state index contributed by atoms with van der Waals surface area (Å²) in [6.07, 6.45) is 2.23. The van der Waals surface area contributed by atoms with E-state index < -0.39 is 0 Å². The summed E-state index contributed by atoms with van der Waals surface area (Å²) in [6.45, 7) is 7.88. The normalized spacial score (nSPS) is 12.7. The van der Waals surface area contributed by atoms with Gasteiger partial charge in [-0.1, -0.05) is 25.5 Å². The first-order chi connectivity index (χ1) is 9.19. The number of likely N-dealkylation sites (N-methyl/N-ethyl adjacent to an activating group) is 1. The van der Waals surface area contributed by atoms with E-state index in [0.717, 1.165) is 44.8 Å². The first-order valence-corrected chi connectivity index (χ1v) is 7.29. The van der Waals surface area contributed by atoms with Crippen molar-refractivity contribution in [3.8, 4) is 5.75 Å². The largest absolute Gasteiger partial charge is 0.494 e. The molecule has 0 saturated carbocycles. The van der Waals surface area contributed by atoms with E-state index in [4.69, 9.17) is 10.5 Å². The average molecular weight is 264 g/mol. The quantitative estimate of drug-likeness (QED) is 0.745. The van der Waals surface area contributed by atoms with Gasteiger partial charge in [0.15, 0.2) is 0 Å². The molecule has 1 unspecified atom stereocenters. The summed E-state index contributed by atoms with van der Waals surface area (Å²) in [6, 6.07) is 8.40. The predicted octanol–water partition coefficient (Wildman–Crippen LogP) is 2.54. The second-order valence-corrected chi connectivity index (χ2v) is 5.10. The molecular weight excluding hydrogens is 236 g/mol. The van der Waals surface area contributed by atoms with Crippen molar-refractivity contribution in [2.24, 2.45) is 11.7 Å². The van der Waals surface area contributed by atoms with Crippen LogP contribution in [0.5, 0.6) is 5.75 Å². The average Bonchev–Trinajstić information content (AvgIpc) is 2.44. The number of nitrogens with zero attached hydrogens (tertiary/aromatic N) is 1. The Morgan fingerprint density at radius 2 is 1.89 bits per heavy atom. The highest BCUT2D eigenvalue weighted by atomic mass is 16.5. The van der Waals surface area contributed by atoms with Gasteiger partial charge in [0.25, 0.3) is 0 Å². The van der Waals surface area contributed by atoms with Crippen LogP contribution >= 0.6 is 0 Å².